The lowest BCUT2D eigenvalue weighted by molar-refractivity contribution is -0.121. The number of hydrogen-bond donors (Lipinski definition) is 0. The molecule has 3 heteroatoms. The van der Waals surface area contributed by atoms with Crippen LogP contribution in [0.4, 0.5) is 5.69 Å². The first kappa shape index (κ1) is 12.6. The second kappa shape index (κ2) is 4.13. The molecule has 0 saturated carbocycles. The highest BCUT2D eigenvalue weighted by Gasteiger charge is 2.42. The maximum absolute atomic E-state index is 12.2. The summed E-state index contributed by atoms with van der Waals surface area (Å²) >= 11 is 0. The van der Waals surface area contributed by atoms with Crippen molar-refractivity contribution in [1.29, 1.82) is 5.26 Å². The summed E-state index contributed by atoms with van der Waals surface area (Å²) in [5.41, 5.74) is 2.51. The molecule has 1 aliphatic rings. The Labute approximate surface area is 108 Å². The summed E-state index contributed by atoms with van der Waals surface area (Å²) in [4.78, 5) is 13.9. The summed E-state index contributed by atoms with van der Waals surface area (Å²) in [6.07, 6.45) is 0.791. The van der Waals surface area contributed by atoms with Gasteiger partial charge in [-0.1, -0.05) is 19.1 Å². The zero-order valence-corrected chi connectivity index (χ0v) is 11.3. The number of hydrogen-bond acceptors (Lipinski definition) is 2. The molecule has 1 atom stereocenters. The average Bonchev–Trinajstić information content (AvgIpc) is 2.53. The minimum atomic E-state index is -0.492. The van der Waals surface area contributed by atoms with Crippen LogP contribution in [-0.4, -0.2) is 13.0 Å². The Kier molecular flexibility index (Phi) is 2.90. The number of nitrogens with zero attached hydrogens (tertiary/aromatic N) is 2. The van der Waals surface area contributed by atoms with Crippen molar-refractivity contribution < 1.29 is 4.79 Å². The molecule has 0 bridgehead atoms. The highest BCUT2D eigenvalue weighted by Crippen LogP contribution is 2.42. The van der Waals surface area contributed by atoms with Crippen molar-refractivity contribution in [2.45, 2.75) is 38.5 Å². The van der Waals surface area contributed by atoms with Gasteiger partial charge >= 0.3 is 0 Å². The van der Waals surface area contributed by atoms with Crippen molar-refractivity contribution in [1.82, 2.24) is 0 Å². The van der Waals surface area contributed by atoms with E-state index in [1.807, 2.05) is 39.0 Å². The van der Waals surface area contributed by atoms with E-state index in [0.29, 0.717) is 0 Å². The van der Waals surface area contributed by atoms with Crippen LogP contribution in [0.2, 0.25) is 0 Å². The lowest BCUT2D eigenvalue weighted by atomic mass is 9.84. The molecule has 1 heterocycles. The molecular formula is C15H18N2O. The first-order valence-electron chi connectivity index (χ1n) is 6.25. The number of amides is 1. The topological polar surface area (TPSA) is 44.1 Å². The second-order valence-electron chi connectivity index (χ2n) is 5.36. The lowest BCUT2D eigenvalue weighted by Crippen LogP contribution is -2.33. The molecule has 1 aromatic rings. The number of rotatable bonds is 2. The number of nitriles is 1. The highest BCUT2D eigenvalue weighted by molar-refractivity contribution is 6.07. The second-order valence-corrected chi connectivity index (χ2v) is 5.36. The Hall–Kier alpha value is -1.82. The van der Waals surface area contributed by atoms with Crippen LogP contribution in [0.3, 0.4) is 0 Å². The molecule has 0 radical (unpaired) electrons. The summed E-state index contributed by atoms with van der Waals surface area (Å²) in [5.74, 6) is 0.0202. The molecule has 0 fully saturated rings. The molecule has 1 amide bonds. The summed E-state index contributed by atoms with van der Waals surface area (Å²) in [7, 11) is 1.80. The molecular weight excluding hydrogens is 224 g/mol. The van der Waals surface area contributed by atoms with Gasteiger partial charge < -0.3 is 4.90 Å². The number of fused-ring (bicyclic) bond motifs is 1. The van der Waals surface area contributed by atoms with Gasteiger partial charge in [0, 0.05) is 12.7 Å². The van der Waals surface area contributed by atoms with Gasteiger partial charge in [0.1, 0.15) is 0 Å². The minimum Gasteiger partial charge on any atom is -0.314 e. The molecule has 0 spiro atoms. The average molecular weight is 242 g/mol. The number of benzene rings is 1. The van der Waals surface area contributed by atoms with Gasteiger partial charge in [-0.15, -0.1) is 0 Å². The van der Waals surface area contributed by atoms with E-state index < -0.39 is 5.41 Å². The van der Waals surface area contributed by atoms with Crippen LogP contribution in [-0.2, 0) is 10.2 Å². The molecule has 0 saturated heterocycles. The SMILES string of the molecule is CCC(C#N)c1ccc2c(c1)C(C)(C)C(=O)N2C. The third-order valence-electron chi connectivity index (χ3n) is 3.86. The van der Waals surface area contributed by atoms with Gasteiger partial charge in [0.2, 0.25) is 5.91 Å². The fourth-order valence-electron chi connectivity index (χ4n) is 2.61. The van der Waals surface area contributed by atoms with Crippen LogP contribution in [0, 0.1) is 11.3 Å². The number of carbonyl (C=O) groups is 1. The molecule has 1 aliphatic heterocycles. The van der Waals surface area contributed by atoms with Crippen LogP contribution in [0.15, 0.2) is 18.2 Å². The number of anilines is 1. The smallest absolute Gasteiger partial charge is 0.236 e. The van der Waals surface area contributed by atoms with Gasteiger partial charge in [-0.2, -0.15) is 5.26 Å². The van der Waals surface area contributed by atoms with E-state index in [9.17, 15) is 4.79 Å². The van der Waals surface area contributed by atoms with Crippen LogP contribution >= 0.6 is 0 Å². The maximum atomic E-state index is 12.2. The predicted octanol–water partition coefficient (Wildman–Crippen LogP) is 2.96. The fraction of sp³-hybridized carbons (Fsp3) is 0.467. The van der Waals surface area contributed by atoms with Crippen molar-refractivity contribution in [2.75, 3.05) is 11.9 Å². The van der Waals surface area contributed by atoms with E-state index in [1.54, 1.807) is 11.9 Å². The minimum absolute atomic E-state index is 0.0906. The third kappa shape index (κ3) is 1.60. The van der Waals surface area contributed by atoms with Gasteiger partial charge in [-0.3, -0.25) is 4.79 Å². The van der Waals surface area contributed by atoms with Crippen molar-refractivity contribution in [3.8, 4) is 6.07 Å². The molecule has 18 heavy (non-hydrogen) atoms. The van der Waals surface area contributed by atoms with Crippen LogP contribution < -0.4 is 4.90 Å². The van der Waals surface area contributed by atoms with E-state index in [1.165, 1.54) is 0 Å². The zero-order valence-electron chi connectivity index (χ0n) is 11.3. The zero-order chi connectivity index (χ0) is 13.5. The van der Waals surface area contributed by atoms with Gasteiger partial charge in [0.25, 0.3) is 0 Å². The molecule has 3 nitrogen and oxygen atoms in total. The molecule has 94 valence electrons. The molecule has 1 aromatic carbocycles. The summed E-state index contributed by atoms with van der Waals surface area (Å²) in [6, 6.07) is 8.25. The standard InChI is InChI=1S/C15H18N2O/c1-5-10(9-16)11-6-7-13-12(8-11)15(2,3)14(18)17(13)4/h6-8,10H,5H2,1-4H3. The Bertz CT molecular complexity index is 540. The van der Waals surface area contributed by atoms with Crippen LogP contribution in [0.25, 0.3) is 0 Å². The van der Waals surface area contributed by atoms with Gasteiger partial charge in [-0.25, -0.2) is 0 Å². The van der Waals surface area contributed by atoms with E-state index in [2.05, 4.69) is 6.07 Å². The normalized spacial score (nSPS) is 18.4. The monoisotopic (exact) mass is 242 g/mol. The van der Waals surface area contributed by atoms with Gasteiger partial charge in [-0.05, 0) is 37.5 Å². The van der Waals surface area contributed by atoms with E-state index in [4.69, 9.17) is 5.26 Å². The maximum Gasteiger partial charge on any atom is 0.236 e. The third-order valence-corrected chi connectivity index (χ3v) is 3.86. The molecule has 0 N–H and O–H groups in total. The molecule has 1 unspecified atom stereocenters. The van der Waals surface area contributed by atoms with Crippen molar-refractivity contribution >= 4 is 11.6 Å². The van der Waals surface area contributed by atoms with Crippen molar-refractivity contribution in [2.24, 2.45) is 0 Å². The summed E-state index contributed by atoms with van der Waals surface area (Å²) < 4.78 is 0. The van der Waals surface area contributed by atoms with E-state index >= 15 is 0 Å². The lowest BCUT2D eigenvalue weighted by Gasteiger charge is -2.17. The largest absolute Gasteiger partial charge is 0.314 e. The van der Waals surface area contributed by atoms with E-state index in [-0.39, 0.29) is 11.8 Å². The first-order chi connectivity index (χ1) is 8.43. The summed E-state index contributed by atoms with van der Waals surface area (Å²) in [5, 5.41) is 9.13. The first-order valence-corrected chi connectivity index (χ1v) is 6.25. The van der Waals surface area contributed by atoms with Crippen molar-refractivity contribution in [3.05, 3.63) is 29.3 Å². The Balaban J connectivity index is 2.56. The summed E-state index contributed by atoms with van der Waals surface area (Å²) in [6.45, 7) is 5.88. The van der Waals surface area contributed by atoms with Crippen LogP contribution in [0.1, 0.15) is 44.2 Å². The Morgan fingerprint density at radius 2 is 2.11 bits per heavy atom. The number of carbonyl (C=O) groups excluding carboxylic acids is 1. The van der Waals surface area contributed by atoms with Crippen molar-refractivity contribution in [3.63, 3.8) is 0 Å². The predicted molar refractivity (Wildman–Crippen MR) is 71.5 cm³/mol. The highest BCUT2D eigenvalue weighted by atomic mass is 16.2. The quantitative estimate of drug-likeness (QED) is 0.800. The number of likely N-dealkylation sites (N-methyl/N-ethyl adjacent to an activating group) is 1. The van der Waals surface area contributed by atoms with E-state index in [0.717, 1.165) is 23.2 Å². The molecule has 0 aromatic heterocycles. The molecule has 2 rings (SSSR count). The Morgan fingerprint density at radius 3 is 2.67 bits per heavy atom. The van der Waals surface area contributed by atoms with Gasteiger partial charge in [0.05, 0.1) is 17.4 Å². The van der Waals surface area contributed by atoms with Crippen LogP contribution in [0.5, 0.6) is 0 Å². The van der Waals surface area contributed by atoms with Gasteiger partial charge in [0.15, 0.2) is 0 Å². The molecule has 0 aliphatic carbocycles. The fourth-order valence-corrected chi connectivity index (χ4v) is 2.61. The Morgan fingerprint density at radius 1 is 1.44 bits per heavy atom.